The van der Waals surface area contributed by atoms with Crippen LogP contribution in [0.3, 0.4) is 0 Å². The summed E-state index contributed by atoms with van der Waals surface area (Å²) in [5.41, 5.74) is 6.74. The molecule has 28 heavy (non-hydrogen) atoms. The number of amides is 2. The summed E-state index contributed by atoms with van der Waals surface area (Å²) in [7, 11) is 0. The van der Waals surface area contributed by atoms with Crippen LogP contribution in [0.1, 0.15) is 6.92 Å². The molecule has 2 aromatic carbocycles. The van der Waals surface area contributed by atoms with Gasteiger partial charge < -0.3 is 15.8 Å². The summed E-state index contributed by atoms with van der Waals surface area (Å²) in [6, 6.07) is 18.7. The van der Waals surface area contributed by atoms with Gasteiger partial charge >= 0.3 is 0 Å². The normalized spacial score (nSPS) is 11.6. The lowest BCUT2D eigenvalue weighted by Crippen LogP contribution is -2.30. The highest BCUT2D eigenvalue weighted by Crippen LogP contribution is 2.37. The number of benzene rings is 2. The van der Waals surface area contributed by atoms with Crippen molar-refractivity contribution in [2.24, 2.45) is 5.73 Å². The predicted molar refractivity (Wildman–Crippen MR) is 113 cm³/mol. The molecule has 1 atom stereocenters. The van der Waals surface area contributed by atoms with Crippen molar-refractivity contribution in [2.45, 2.75) is 17.4 Å². The van der Waals surface area contributed by atoms with Crippen molar-refractivity contribution in [3.63, 3.8) is 0 Å². The van der Waals surface area contributed by atoms with E-state index in [1.54, 1.807) is 19.1 Å². The number of carbonyl (C=O) groups excluding carboxylic acids is 2. The van der Waals surface area contributed by atoms with Crippen molar-refractivity contribution in [1.29, 1.82) is 0 Å². The quantitative estimate of drug-likeness (QED) is 0.548. The van der Waals surface area contributed by atoms with E-state index in [1.807, 2.05) is 48.5 Å². The molecular formula is C20H19N3O3S2. The molecular weight excluding hydrogens is 394 g/mol. The minimum absolute atomic E-state index is 0.128. The van der Waals surface area contributed by atoms with E-state index in [2.05, 4.69) is 10.3 Å². The third kappa shape index (κ3) is 5.34. The number of thiazole rings is 1. The van der Waals surface area contributed by atoms with E-state index in [1.165, 1.54) is 23.1 Å². The summed E-state index contributed by atoms with van der Waals surface area (Å²) in [6.45, 7) is 1.69. The molecule has 2 amide bonds. The topological polar surface area (TPSA) is 94.3 Å². The molecule has 0 aliphatic carbocycles. The van der Waals surface area contributed by atoms with Crippen molar-refractivity contribution >= 4 is 39.9 Å². The number of ether oxygens (including phenoxy) is 1. The molecule has 0 aliphatic rings. The van der Waals surface area contributed by atoms with Gasteiger partial charge in [0, 0.05) is 5.56 Å². The van der Waals surface area contributed by atoms with Gasteiger partial charge in [-0.2, -0.15) is 0 Å². The summed E-state index contributed by atoms with van der Waals surface area (Å²) in [5, 5.41) is 3.50. The van der Waals surface area contributed by atoms with Crippen LogP contribution in [0.15, 0.2) is 65.0 Å². The van der Waals surface area contributed by atoms with Crippen LogP contribution < -0.4 is 15.8 Å². The van der Waals surface area contributed by atoms with Gasteiger partial charge in [-0.25, -0.2) is 4.98 Å². The van der Waals surface area contributed by atoms with Gasteiger partial charge in [0.25, 0.3) is 5.91 Å². The highest BCUT2D eigenvalue weighted by atomic mass is 32.2. The SMILES string of the molecule is CC(Oc1ccccc1)C(=O)Nc1sc(SCC(N)=O)nc1-c1ccccc1. The highest BCUT2D eigenvalue weighted by molar-refractivity contribution is 8.01. The monoisotopic (exact) mass is 413 g/mol. The van der Waals surface area contributed by atoms with E-state index in [-0.39, 0.29) is 11.7 Å². The molecule has 1 aromatic heterocycles. The molecule has 0 radical (unpaired) electrons. The van der Waals surface area contributed by atoms with Crippen molar-refractivity contribution in [1.82, 2.24) is 4.98 Å². The van der Waals surface area contributed by atoms with E-state index >= 15 is 0 Å². The fraction of sp³-hybridized carbons (Fsp3) is 0.150. The van der Waals surface area contributed by atoms with Gasteiger partial charge in [-0.3, -0.25) is 9.59 Å². The number of primary amides is 1. The number of nitrogens with one attached hydrogen (secondary N) is 1. The Morgan fingerprint density at radius 1 is 1.14 bits per heavy atom. The molecule has 0 aliphatic heterocycles. The molecule has 3 N–H and O–H groups in total. The molecule has 0 bridgehead atoms. The second-order valence-electron chi connectivity index (χ2n) is 5.84. The van der Waals surface area contributed by atoms with Crippen molar-refractivity contribution < 1.29 is 14.3 Å². The Balaban J connectivity index is 1.79. The Morgan fingerprint density at radius 2 is 1.79 bits per heavy atom. The van der Waals surface area contributed by atoms with Crippen LogP contribution in [0.25, 0.3) is 11.3 Å². The summed E-state index contributed by atoms with van der Waals surface area (Å²) < 4.78 is 6.34. The van der Waals surface area contributed by atoms with Gasteiger partial charge in [0.2, 0.25) is 5.91 Å². The zero-order chi connectivity index (χ0) is 19.9. The van der Waals surface area contributed by atoms with Crippen molar-refractivity contribution in [3.05, 3.63) is 60.7 Å². The molecule has 8 heteroatoms. The van der Waals surface area contributed by atoms with E-state index < -0.39 is 12.0 Å². The van der Waals surface area contributed by atoms with Crippen molar-refractivity contribution in [3.8, 4) is 17.0 Å². The van der Waals surface area contributed by atoms with Crippen molar-refractivity contribution in [2.75, 3.05) is 11.1 Å². The highest BCUT2D eigenvalue weighted by Gasteiger charge is 2.20. The second kappa shape index (κ2) is 9.38. The third-order valence-corrected chi connectivity index (χ3v) is 5.79. The molecule has 1 unspecified atom stereocenters. The number of carbonyl (C=O) groups is 2. The Hall–Kier alpha value is -2.84. The third-order valence-electron chi connectivity index (χ3n) is 3.65. The lowest BCUT2D eigenvalue weighted by Gasteiger charge is -2.14. The minimum atomic E-state index is -0.685. The Kier molecular flexibility index (Phi) is 6.67. The van der Waals surface area contributed by atoms with E-state index in [0.29, 0.717) is 20.8 Å². The average molecular weight is 414 g/mol. The first-order chi connectivity index (χ1) is 13.5. The zero-order valence-corrected chi connectivity index (χ0v) is 16.8. The maximum atomic E-state index is 12.6. The summed E-state index contributed by atoms with van der Waals surface area (Å²) in [5.74, 6) is 0.0475. The Bertz CT molecular complexity index is 946. The molecule has 0 saturated carbocycles. The largest absolute Gasteiger partial charge is 0.481 e. The number of hydrogen-bond acceptors (Lipinski definition) is 6. The zero-order valence-electron chi connectivity index (χ0n) is 15.1. The van der Waals surface area contributed by atoms with E-state index in [4.69, 9.17) is 10.5 Å². The maximum Gasteiger partial charge on any atom is 0.265 e. The lowest BCUT2D eigenvalue weighted by atomic mass is 10.2. The van der Waals surface area contributed by atoms with Crippen LogP contribution in [-0.4, -0.2) is 28.7 Å². The van der Waals surface area contributed by atoms with Crippen LogP contribution in [0.2, 0.25) is 0 Å². The van der Waals surface area contributed by atoms with E-state index in [0.717, 1.165) is 5.56 Å². The first-order valence-corrected chi connectivity index (χ1v) is 10.3. The second-order valence-corrected chi connectivity index (χ2v) is 8.06. The van der Waals surface area contributed by atoms with Gasteiger partial charge in [-0.05, 0) is 19.1 Å². The minimum Gasteiger partial charge on any atom is -0.481 e. The first kappa shape index (κ1) is 19.9. The summed E-state index contributed by atoms with van der Waals surface area (Å²) >= 11 is 2.55. The fourth-order valence-electron chi connectivity index (χ4n) is 2.34. The molecule has 0 spiro atoms. The predicted octanol–water partition coefficient (Wildman–Crippen LogP) is 3.79. The number of thioether (sulfide) groups is 1. The molecule has 1 heterocycles. The van der Waals surface area contributed by atoms with Crippen LogP contribution in [0, 0.1) is 0 Å². The number of rotatable bonds is 8. The van der Waals surface area contributed by atoms with Crippen LogP contribution in [0.4, 0.5) is 5.00 Å². The Morgan fingerprint density at radius 3 is 2.43 bits per heavy atom. The molecule has 0 fully saturated rings. The number of para-hydroxylation sites is 1. The first-order valence-electron chi connectivity index (χ1n) is 8.53. The maximum absolute atomic E-state index is 12.6. The standard InChI is InChI=1S/C20H19N3O3S2/c1-13(26-15-10-6-3-7-11-15)18(25)23-19-17(14-8-4-2-5-9-14)22-20(28-19)27-12-16(21)24/h2-11,13H,12H2,1H3,(H2,21,24)(H,23,25). The molecule has 0 saturated heterocycles. The smallest absolute Gasteiger partial charge is 0.265 e. The molecule has 3 rings (SSSR count). The lowest BCUT2D eigenvalue weighted by molar-refractivity contribution is -0.122. The summed E-state index contributed by atoms with van der Waals surface area (Å²) in [4.78, 5) is 28.3. The molecule has 6 nitrogen and oxygen atoms in total. The Labute approximate surface area is 171 Å². The van der Waals surface area contributed by atoms with Crippen LogP contribution in [-0.2, 0) is 9.59 Å². The van der Waals surface area contributed by atoms with Crippen LogP contribution in [0.5, 0.6) is 5.75 Å². The fourth-order valence-corrected chi connectivity index (χ4v) is 4.15. The van der Waals surface area contributed by atoms with Gasteiger partial charge in [0.05, 0.1) is 5.75 Å². The van der Waals surface area contributed by atoms with Gasteiger partial charge in [-0.15, -0.1) is 0 Å². The number of hydrogen-bond donors (Lipinski definition) is 2. The molecule has 144 valence electrons. The number of aromatic nitrogens is 1. The number of nitrogens with two attached hydrogens (primary N) is 1. The average Bonchev–Trinajstić information content (AvgIpc) is 3.10. The van der Waals surface area contributed by atoms with Gasteiger partial charge in [0.1, 0.15) is 16.4 Å². The molecule has 3 aromatic rings. The van der Waals surface area contributed by atoms with Gasteiger partial charge in [0.15, 0.2) is 10.4 Å². The number of nitrogens with zero attached hydrogens (tertiary/aromatic N) is 1. The summed E-state index contributed by atoms with van der Waals surface area (Å²) in [6.07, 6.45) is -0.685. The number of anilines is 1. The van der Waals surface area contributed by atoms with E-state index in [9.17, 15) is 9.59 Å². The van der Waals surface area contributed by atoms with Crippen LogP contribution >= 0.6 is 23.1 Å². The van der Waals surface area contributed by atoms with Gasteiger partial charge in [-0.1, -0.05) is 71.6 Å².